The molecule has 1 heterocycles. The van der Waals surface area contributed by atoms with E-state index in [-0.39, 0.29) is 5.57 Å². The van der Waals surface area contributed by atoms with Crippen molar-refractivity contribution in [2.45, 2.75) is 0 Å². The lowest BCUT2D eigenvalue weighted by molar-refractivity contribution is -0.112. The van der Waals surface area contributed by atoms with E-state index in [2.05, 4.69) is 5.32 Å². The third-order valence-electron chi connectivity index (χ3n) is 3.95. The quantitative estimate of drug-likeness (QED) is 0.585. The molecule has 1 amide bonds. The molecule has 0 aliphatic heterocycles. The van der Waals surface area contributed by atoms with E-state index in [1.807, 2.05) is 54.2 Å². The first-order chi connectivity index (χ1) is 12.1. The number of aryl methyl sites for hydroxylation is 1. The summed E-state index contributed by atoms with van der Waals surface area (Å²) in [4.78, 5) is 12.5. The van der Waals surface area contributed by atoms with Crippen LogP contribution in [-0.2, 0) is 11.8 Å². The third kappa shape index (κ3) is 3.24. The van der Waals surface area contributed by atoms with E-state index < -0.39 is 5.91 Å². The molecule has 0 saturated carbocycles. The minimum absolute atomic E-state index is 0.0299. The maximum Gasteiger partial charge on any atom is 0.266 e. The molecule has 3 rings (SSSR count). The van der Waals surface area contributed by atoms with Gasteiger partial charge in [0.25, 0.3) is 5.91 Å². The lowest BCUT2D eigenvalue weighted by atomic mass is 10.1. The molecule has 2 aromatic carbocycles. The summed E-state index contributed by atoms with van der Waals surface area (Å²) in [6.07, 6.45) is 3.51. The Morgan fingerprint density at radius 3 is 2.68 bits per heavy atom. The van der Waals surface area contributed by atoms with Crippen LogP contribution in [0, 0.1) is 11.3 Å². The van der Waals surface area contributed by atoms with Crippen LogP contribution >= 0.6 is 0 Å². The van der Waals surface area contributed by atoms with Crippen molar-refractivity contribution in [2.75, 3.05) is 12.4 Å². The number of methoxy groups -OCH3 is 1. The molecule has 0 unspecified atom stereocenters. The van der Waals surface area contributed by atoms with Crippen molar-refractivity contribution in [3.05, 3.63) is 65.9 Å². The van der Waals surface area contributed by atoms with Crippen molar-refractivity contribution in [3.8, 4) is 11.8 Å². The molecule has 5 heteroatoms. The summed E-state index contributed by atoms with van der Waals surface area (Å²) in [6, 6.07) is 16.9. The average Bonchev–Trinajstić information content (AvgIpc) is 2.96. The van der Waals surface area contributed by atoms with Gasteiger partial charge in [-0.05, 0) is 24.3 Å². The summed E-state index contributed by atoms with van der Waals surface area (Å²) in [5.41, 5.74) is 2.41. The van der Waals surface area contributed by atoms with Gasteiger partial charge in [-0.15, -0.1) is 0 Å². The number of aromatic nitrogens is 1. The van der Waals surface area contributed by atoms with E-state index >= 15 is 0 Å². The molecule has 3 aromatic rings. The van der Waals surface area contributed by atoms with E-state index in [0.29, 0.717) is 11.4 Å². The van der Waals surface area contributed by atoms with Crippen LogP contribution in [-0.4, -0.2) is 17.6 Å². The molecule has 0 aliphatic rings. The van der Waals surface area contributed by atoms with Gasteiger partial charge in [-0.3, -0.25) is 4.79 Å². The van der Waals surface area contributed by atoms with Crippen LogP contribution in [0.2, 0.25) is 0 Å². The molecule has 0 fully saturated rings. The number of rotatable bonds is 4. The van der Waals surface area contributed by atoms with Gasteiger partial charge in [0.1, 0.15) is 17.4 Å². The standard InChI is InChI=1S/C20H17N3O2/c1-23-13-15(16-7-3-5-9-18(16)23)11-14(12-21)20(24)22-17-8-4-6-10-19(17)25-2/h3-11,13H,1-2H3,(H,22,24)/b14-11+. The highest BCUT2D eigenvalue weighted by Gasteiger charge is 2.13. The Morgan fingerprint density at radius 1 is 1.20 bits per heavy atom. The molecule has 0 bridgehead atoms. The number of benzene rings is 2. The van der Waals surface area contributed by atoms with Crippen molar-refractivity contribution in [1.29, 1.82) is 5.26 Å². The predicted octanol–water partition coefficient (Wildman–Crippen LogP) is 3.73. The van der Waals surface area contributed by atoms with E-state index in [9.17, 15) is 10.1 Å². The first-order valence-corrected chi connectivity index (χ1v) is 7.74. The molecular formula is C20H17N3O2. The summed E-state index contributed by atoms with van der Waals surface area (Å²) >= 11 is 0. The zero-order valence-electron chi connectivity index (χ0n) is 14.0. The van der Waals surface area contributed by atoms with Crippen LogP contribution in [0.25, 0.3) is 17.0 Å². The number of ether oxygens (including phenoxy) is 1. The number of hydrogen-bond acceptors (Lipinski definition) is 3. The van der Waals surface area contributed by atoms with Gasteiger partial charge in [0.2, 0.25) is 0 Å². The Labute approximate surface area is 145 Å². The Bertz CT molecular complexity index is 1010. The van der Waals surface area contributed by atoms with Gasteiger partial charge >= 0.3 is 0 Å². The van der Waals surface area contributed by atoms with Gasteiger partial charge < -0.3 is 14.6 Å². The van der Waals surface area contributed by atoms with Crippen molar-refractivity contribution in [1.82, 2.24) is 4.57 Å². The molecule has 25 heavy (non-hydrogen) atoms. The number of hydrogen-bond donors (Lipinski definition) is 1. The monoisotopic (exact) mass is 331 g/mol. The van der Waals surface area contributed by atoms with Crippen molar-refractivity contribution < 1.29 is 9.53 Å². The van der Waals surface area contributed by atoms with Crippen LogP contribution < -0.4 is 10.1 Å². The Morgan fingerprint density at radius 2 is 1.92 bits per heavy atom. The summed E-state index contributed by atoms with van der Waals surface area (Å²) in [5.74, 6) is 0.0678. The number of amides is 1. The molecule has 0 saturated heterocycles. The van der Waals surface area contributed by atoms with Crippen LogP contribution in [0.1, 0.15) is 5.56 Å². The summed E-state index contributed by atoms with van der Waals surface area (Å²) in [7, 11) is 3.46. The van der Waals surface area contributed by atoms with Gasteiger partial charge in [0.05, 0.1) is 12.8 Å². The van der Waals surface area contributed by atoms with Gasteiger partial charge in [0, 0.05) is 29.7 Å². The number of carbonyl (C=O) groups is 1. The highest BCUT2D eigenvalue weighted by atomic mass is 16.5. The number of nitriles is 1. The van der Waals surface area contributed by atoms with Gasteiger partial charge in [0.15, 0.2) is 0 Å². The van der Waals surface area contributed by atoms with Crippen LogP contribution in [0.15, 0.2) is 60.3 Å². The minimum Gasteiger partial charge on any atom is -0.495 e. The molecule has 1 N–H and O–H groups in total. The highest BCUT2D eigenvalue weighted by Crippen LogP contribution is 2.25. The number of nitrogens with zero attached hydrogens (tertiary/aromatic N) is 2. The average molecular weight is 331 g/mol. The SMILES string of the molecule is COc1ccccc1NC(=O)/C(C#N)=C/c1cn(C)c2ccccc12. The van der Waals surface area contributed by atoms with Crippen LogP contribution in [0.5, 0.6) is 5.75 Å². The van der Waals surface area contributed by atoms with Gasteiger partial charge in [-0.25, -0.2) is 0 Å². The molecule has 0 aliphatic carbocycles. The van der Waals surface area contributed by atoms with Crippen LogP contribution in [0.3, 0.4) is 0 Å². The second-order valence-corrected chi connectivity index (χ2v) is 5.54. The normalized spacial score (nSPS) is 11.2. The number of para-hydroxylation sites is 3. The highest BCUT2D eigenvalue weighted by molar-refractivity contribution is 6.11. The minimum atomic E-state index is -0.472. The first-order valence-electron chi connectivity index (χ1n) is 7.74. The largest absolute Gasteiger partial charge is 0.495 e. The lowest BCUT2D eigenvalue weighted by Gasteiger charge is -2.09. The van der Waals surface area contributed by atoms with Gasteiger partial charge in [-0.2, -0.15) is 5.26 Å². The first kappa shape index (κ1) is 16.3. The van der Waals surface area contributed by atoms with Crippen molar-refractivity contribution in [3.63, 3.8) is 0 Å². The molecule has 1 aromatic heterocycles. The van der Waals surface area contributed by atoms with Gasteiger partial charge in [-0.1, -0.05) is 30.3 Å². The molecule has 0 spiro atoms. The molecular weight excluding hydrogens is 314 g/mol. The fourth-order valence-corrected chi connectivity index (χ4v) is 2.73. The number of fused-ring (bicyclic) bond motifs is 1. The zero-order chi connectivity index (χ0) is 17.8. The Balaban J connectivity index is 1.95. The van der Waals surface area contributed by atoms with E-state index in [1.165, 1.54) is 7.11 Å². The Hall–Kier alpha value is -3.52. The number of nitrogens with one attached hydrogen (secondary N) is 1. The molecule has 5 nitrogen and oxygen atoms in total. The second kappa shape index (κ2) is 6.93. The third-order valence-corrected chi connectivity index (χ3v) is 3.95. The van der Waals surface area contributed by atoms with E-state index in [1.54, 1.807) is 24.3 Å². The molecule has 124 valence electrons. The maximum atomic E-state index is 12.5. The lowest BCUT2D eigenvalue weighted by Crippen LogP contribution is -2.14. The number of anilines is 1. The zero-order valence-corrected chi connectivity index (χ0v) is 14.0. The molecule has 0 atom stereocenters. The topological polar surface area (TPSA) is 67.0 Å². The summed E-state index contributed by atoms with van der Waals surface area (Å²) in [5, 5.41) is 13.1. The van der Waals surface area contributed by atoms with E-state index in [0.717, 1.165) is 16.5 Å². The predicted molar refractivity (Wildman–Crippen MR) is 98.1 cm³/mol. The fraction of sp³-hybridized carbons (Fsp3) is 0.100. The fourth-order valence-electron chi connectivity index (χ4n) is 2.73. The Kier molecular flexibility index (Phi) is 4.53. The smallest absolute Gasteiger partial charge is 0.266 e. The maximum absolute atomic E-state index is 12.5. The van der Waals surface area contributed by atoms with Crippen LogP contribution in [0.4, 0.5) is 5.69 Å². The molecule has 0 radical (unpaired) electrons. The summed E-state index contributed by atoms with van der Waals surface area (Å²) in [6.45, 7) is 0. The van der Waals surface area contributed by atoms with E-state index in [4.69, 9.17) is 4.74 Å². The number of carbonyl (C=O) groups excluding carboxylic acids is 1. The summed E-state index contributed by atoms with van der Waals surface area (Å²) < 4.78 is 7.18. The second-order valence-electron chi connectivity index (χ2n) is 5.54. The van der Waals surface area contributed by atoms with Crippen molar-refractivity contribution in [2.24, 2.45) is 7.05 Å². The van der Waals surface area contributed by atoms with Crippen molar-refractivity contribution >= 4 is 28.6 Å².